The second-order valence-electron chi connectivity index (χ2n) is 3.97. The largest absolute Gasteiger partial charge is 0.464 e. The minimum Gasteiger partial charge on any atom is -0.464 e. The molecule has 3 atom stereocenters. The zero-order valence-corrected chi connectivity index (χ0v) is 10.6. The second-order valence-corrected chi connectivity index (χ2v) is 3.97. The van der Waals surface area contributed by atoms with Crippen molar-refractivity contribution < 1.29 is 30.3 Å². The third-order valence-corrected chi connectivity index (χ3v) is 2.47. The Hall–Kier alpha value is -2.01. The van der Waals surface area contributed by atoms with Crippen LogP contribution in [0.5, 0.6) is 0 Å². The summed E-state index contributed by atoms with van der Waals surface area (Å²) < 4.78 is 0. The number of hydrogen-bond donors (Lipinski definition) is 7. The lowest BCUT2D eigenvalue weighted by Crippen LogP contribution is -2.34. The lowest BCUT2D eigenvalue weighted by molar-refractivity contribution is -0.0788. The van der Waals surface area contributed by atoms with Gasteiger partial charge < -0.3 is 30.5 Å². The van der Waals surface area contributed by atoms with Crippen LogP contribution < -0.4 is 5.43 Å². The molecular weight excluding hydrogens is 272 g/mol. The van der Waals surface area contributed by atoms with Gasteiger partial charge in [-0.15, -0.1) is 0 Å². The van der Waals surface area contributed by atoms with E-state index in [0.717, 1.165) is 0 Å². The standard InChI is InChI=1S/C10H16N4O6/c1-4(13-14-10(19)20)9-11-2-5(12-9)7(17)8(18)6(16)3-15/h2,6-8,14-18H,3H2,1H3,(H,11,12)(H,19,20)/b13-4-/t6-,7-,8-/m1/s1. The Labute approximate surface area is 113 Å². The fourth-order valence-electron chi connectivity index (χ4n) is 1.35. The molecule has 0 fully saturated rings. The van der Waals surface area contributed by atoms with Crippen LogP contribution in [0.1, 0.15) is 24.5 Å². The summed E-state index contributed by atoms with van der Waals surface area (Å²) in [6.45, 7) is 0.766. The third kappa shape index (κ3) is 3.99. The van der Waals surface area contributed by atoms with Gasteiger partial charge in [0.25, 0.3) is 0 Å². The summed E-state index contributed by atoms with van der Waals surface area (Å²) >= 11 is 0. The maximum Gasteiger partial charge on any atom is 0.425 e. The molecule has 0 aliphatic heterocycles. The third-order valence-electron chi connectivity index (χ3n) is 2.47. The Morgan fingerprint density at radius 3 is 2.70 bits per heavy atom. The molecule has 0 bridgehead atoms. The summed E-state index contributed by atoms with van der Waals surface area (Å²) in [6.07, 6.45) is -4.69. The minimum absolute atomic E-state index is 0.0184. The fourth-order valence-corrected chi connectivity index (χ4v) is 1.35. The average molecular weight is 288 g/mol. The predicted molar refractivity (Wildman–Crippen MR) is 66.0 cm³/mol. The van der Waals surface area contributed by atoms with Crippen molar-refractivity contribution in [3.8, 4) is 0 Å². The molecule has 0 aliphatic rings. The summed E-state index contributed by atoms with van der Waals surface area (Å²) in [7, 11) is 0. The van der Waals surface area contributed by atoms with Crippen molar-refractivity contribution in [3.63, 3.8) is 0 Å². The molecule has 0 aromatic carbocycles. The zero-order valence-electron chi connectivity index (χ0n) is 10.6. The van der Waals surface area contributed by atoms with Gasteiger partial charge in [0.1, 0.15) is 24.0 Å². The van der Waals surface area contributed by atoms with Gasteiger partial charge in [0.15, 0.2) is 5.82 Å². The number of hydrazone groups is 1. The highest BCUT2D eigenvalue weighted by atomic mass is 16.4. The van der Waals surface area contributed by atoms with Crippen LogP contribution in [0.3, 0.4) is 0 Å². The molecule has 112 valence electrons. The van der Waals surface area contributed by atoms with Crippen LogP contribution >= 0.6 is 0 Å². The molecule has 1 aromatic rings. The molecule has 7 N–H and O–H groups in total. The van der Waals surface area contributed by atoms with Crippen LogP contribution in [0, 0.1) is 0 Å². The van der Waals surface area contributed by atoms with Gasteiger partial charge in [-0.2, -0.15) is 5.10 Å². The minimum atomic E-state index is -1.61. The first-order chi connectivity index (χ1) is 9.36. The van der Waals surface area contributed by atoms with Crippen molar-refractivity contribution in [1.82, 2.24) is 15.4 Å². The SMILES string of the molecule is C/C(=N/NC(=O)O)c1nc([C@@H](O)[C@H](O)[C@H](O)CO)c[nH]1. The summed E-state index contributed by atoms with van der Waals surface area (Å²) in [5.41, 5.74) is 2.02. The van der Waals surface area contributed by atoms with Crippen molar-refractivity contribution >= 4 is 11.8 Å². The monoisotopic (exact) mass is 288 g/mol. The number of aromatic amines is 1. The van der Waals surface area contributed by atoms with Crippen molar-refractivity contribution in [1.29, 1.82) is 0 Å². The Balaban J connectivity index is 2.81. The van der Waals surface area contributed by atoms with Crippen LogP contribution in [0.2, 0.25) is 0 Å². The van der Waals surface area contributed by atoms with E-state index in [0.29, 0.717) is 0 Å². The number of aliphatic hydroxyl groups is 4. The Morgan fingerprint density at radius 1 is 1.50 bits per heavy atom. The maximum absolute atomic E-state index is 10.3. The van der Waals surface area contributed by atoms with Gasteiger partial charge in [0.05, 0.1) is 12.3 Å². The number of nitrogens with zero attached hydrogens (tertiary/aromatic N) is 2. The number of carbonyl (C=O) groups is 1. The summed E-state index contributed by atoms with van der Waals surface area (Å²) in [4.78, 5) is 16.8. The van der Waals surface area contributed by atoms with Crippen molar-refractivity contribution in [2.45, 2.75) is 25.2 Å². The number of H-pyrrole nitrogens is 1. The maximum atomic E-state index is 10.3. The van der Waals surface area contributed by atoms with Crippen LogP contribution in [-0.4, -0.2) is 66.1 Å². The molecule has 1 rings (SSSR count). The van der Waals surface area contributed by atoms with Gasteiger partial charge in [-0.05, 0) is 6.92 Å². The molecular formula is C10H16N4O6. The number of aliphatic hydroxyl groups excluding tert-OH is 4. The van der Waals surface area contributed by atoms with Gasteiger partial charge in [-0.1, -0.05) is 0 Å². The number of rotatable bonds is 6. The normalized spacial score (nSPS) is 16.6. The van der Waals surface area contributed by atoms with E-state index in [-0.39, 0.29) is 17.2 Å². The van der Waals surface area contributed by atoms with Gasteiger partial charge in [0, 0.05) is 6.20 Å². The van der Waals surface area contributed by atoms with E-state index >= 15 is 0 Å². The van der Waals surface area contributed by atoms with Crippen molar-refractivity contribution in [2.24, 2.45) is 5.10 Å². The van der Waals surface area contributed by atoms with Gasteiger partial charge in [-0.3, -0.25) is 0 Å². The van der Waals surface area contributed by atoms with Gasteiger partial charge in [-0.25, -0.2) is 15.2 Å². The molecule has 10 heteroatoms. The Morgan fingerprint density at radius 2 is 2.15 bits per heavy atom. The molecule has 20 heavy (non-hydrogen) atoms. The van der Waals surface area contributed by atoms with E-state index in [1.54, 1.807) is 5.43 Å². The van der Waals surface area contributed by atoms with E-state index in [4.69, 9.17) is 10.2 Å². The Bertz CT molecular complexity index is 488. The topological polar surface area (TPSA) is 171 Å². The van der Waals surface area contributed by atoms with Crippen molar-refractivity contribution in [2.75, 3.05) is 6.61 Å². The lowest BCUT2D eigenvalue weighted by Gasteiger charge is -2.19. The second kappa shape index (κ2) is 6.96. The molecule has 0 radical (unpaired) electrons. The summed E-state index contributed by atoms with van der Waals surface area (Å²) in [5.74, 6) is 0.179. The molecule has 10 nitrogen and oxygen atoms in total. The zero-order chi connectivity index (χ0) is 15.3. The fraction of sp³-hybridized carbons (Fsp3) is 0.500. The predicted octanol–water partition coefficient (Wildman–Crippen LogP) is -1.85. The van der Waals surface area contributed by atoms with E-state index in [1.807, 2.05) is 0 Å². The first-order valence-corrected chi connectivity index (χ1v) is 5.60. The first-order valence-electron chi connectivity index (χ1n) is 5.60. The number of nitrogens with one attached hydrogen (secondary N) is 2. The highest BCUT2D eigenvalue weighted by molar-refractivity contribution is 5.95. The summed E-state index contributed by atoms with van der Waals surface area (Å²) in [5, 5.41) is 49.1. The molecule has 0 unspecified atom stereocenters. The molecule has 0 saturated carbocycles. The molecule has 0 saturated heterocycles. The Kier molecular flexibility index (Phi) is 5.58. The van der Waals surface area contributed by atoms with E-state index in [9.17, 15) is 20.1 Å². The first kappa shape index (κ1) is 16.0. The lowest BCUT2D eigenvalue weighted by atomic mass is 10.1. The van der Waals surface area contributed by atoms with E-state index < -0.39 is 31.0 Å². The molecule has 1 amide bonds. The van der Waals surface area contributed by atoms with E-state index in [1.165, 1.54) is 13.1 Å². The number of aromatic nitrogens is 2. The highest BCUT2D eigenvalue weighted by Crippen LogP contribution is 2.17. The highest BCUT2D eigenvalue weighted by Gasteiger charge is 2.27. The average Bonchev–Trinajstić information content (AvgIpc) is 2.91. The number of hydrogen-bond acceptors (Lipinski definition) is 7. The van der Waals surface area contributed by atoms with Crippen LogP contribution in [0.15, 0.2) is 11.3 Å². The van der Waals surface area contributed by atoms with Crippen molar-refractivity contribution in [3.05, 3.63) is 17.7 Å². The quantitative estimate of drug-likeness (QED) is 0.238. The number of amides is 1. The van der Waals surface area contributed by atoms with Crippen LogP contribution in [-0.2, 0) is 0 Å². The molecule has 0 spiro atoms. The molecule has 0 aliphatic carbocycles. The smallest absolute Gasteiger partial charge is 0.425 e. The van der Waals surface area contributed by atoms with Gasteiger partial charge in [0.2, 0.25) is 0 Å². The number of imidazole rings is 1. The van der Waals surface area contributed by atoms with Gasteiger partial charge >= 0.3 is 6.09 Å². The summed E-state index contributed by atoms with van der Waals surface area (Å²) in [6, 6.07) is 0. The molecule has 1 aromatic heterocycles. The van der Waals surface area contributed by atoms with Crippen LogP contribution in [0.4, 0.5) is 4.79 Å². The number of carboxylic acid groups (broad SMARTS) is 1. The van der Waals surface area contributed by atoms with Crippen LogP contribution in [0.25, 0.3) is 0 Å². The van der Waals surface area contributed by atoms with E-state index in [2.05, 4.69) is 15.1 Å². The molecule has 1 heterocycles.